The molecule has 0 bridgehead atoms. The number of benzene rings is 1. The Morgan fingerprint density at radius 3 is 2.38 bits per heavy atom. The van der Waals surface area contributed by atoms with E-state index in [1.807, 2.05) is 0 Å². The molecule has 1 unspecified atom stereocenters. The van der Waals surface area contributed by atoms with Gasteiger partial charge in [-0.15, -0.1) is 0 Å². The third kappa shape index (κ3) is 3.28. The second-order valence-electron chi connectivity index (χ2n) is 2.41. The molecule has 70 valence electrons. The zero-order valence-corrected chi connectivity index (χ0v) is 9.10. The summed E-state index contributed by atoms with van der Waals surface area (Å²) in [7, 11) is -1.32. The van der Waals surface area contributed by atoms with E-state index >= 15 is 0 Å². The number of carbonyl (C=O) groups is 1. The number of rotatable bonds is 3. The summed E-state index contributed by atoms with van der Waals surface area (Å²) in [4.78, 5) is 11.1. The predicted octanol–water partition coefficient (Wildman–Crippen LogP) is 1.04. The van der Waals surface area contributed by atoms with E-state index in [-0.39, 0.29) is 5.75 Å². The standard InChI is InChI=1S/C8H8BrNO2S/c9-6-1-3-7(4-2-6)13(12)5-8(10)11/h1-4H,5H2,(H2,10,11). The summed E-state index contributed by atoms with van der Waals surface area (Å²) in [5.41, 5.74) is 4.92. The predicted molar refractivity (Wildman–Crippen MR) is 54.6 cm³/mol. The molecule has 1 amide bonds. The monoisotopic (exact) mass is 261 g/mol. The van der Waals surface area contributed by atoms with Crippen LogP contribution in [0.1, 0.15) is 0 Å². The molecule has 2 N–H and O–H groups in total. The topological polar surface area (TPSA) is 60.2 Å². The van der Waals surface area contributed by atoms with Gasteiger partial charge < -0.3 is 5.73 Å². The quantitative estimate of drug-likeness (QED) is 0.884. The molecule has 1 aromatic rings. The van der Waals surface area contributed by atoms with E-state index in [9.17, 15) is 9.00 Å². The fraction of sp³-hybridized carbons (Fsp3) is 0.125. The largest absolute Gasteiger partial charge is 0.369 e. The lowest BCUT2D eigenvalue weighted by Gasteiger charge is -1.98. The molecule has 0 saturated carbocycles. The first kappa shape index (κ1) is 10.4. The van der Waals surface area contributed by atoms with Crippen LogP contribution in [0.15, 0.2) is 33.6 Å². The minimum atomic E-state index is -1.32. The van der Waals surface area contributed by atoms with Crippen LogP contribution in [0.25, 0.3) is 0 Å². The molecule has 0 aliphatic carbocycles. The van der Waals surface area contributed by atoms with Crippen LogP contribution in [0, 0.1) is 0 Å². The van der Waals surface area contributed by atoms with E-state index in [1.165, 1.54) is 0 Å². The van der Waals surface area contributed by atoms with Crippen LogP contribution in [-0.4, -0.2) is 15.9 Å². The van der Waals surface area contributed by atoms with Crippen molar-refractivity contribution < 1.29 is 9.00 Å². The first-order valence-electron chi connectivity index (χ1n) is 3.52. The Labute approximate surface area is 86.9 Å². The van der Waals surface area contributed by atoms with Gasteiger partial charge in [0.2, 0.25) is 5.91 Å². The number of carbonyl (C=O) groups excluding carboxylic acids is 1. The van der Waals surface area contributed by atoms with Gasteiger partial charge in [-0.2, -0.15) is 0 Å². The number of primary amides is 1. The van der Waals surface area contributed by atoms with Crippen LogP contribution < -0.4 is 5.73 Å². The Balaban J connectivity index is 2.78. The van der Waals surface area contributed by atoms with Crippen molar-refractivity contribution in [2.75, 3.05) is 5.75 Å². The van der Waals surface area contributed by atoms with Crippen molar-refractivity contribution in [3.8, 4) is 0 Å². The highest BCUT2D eigenvalue weighted by Gasteiger charge is 2.06. The van der Waals surface area contributed by atoms with E-state index in [4.69, 9.17) is 5.73 Å². The normalized spacial score (nSPS) is 12.4. The fourth-order valence-corrected chi connectivity index (χ4v) is 1.93. The summed E-state index contributed by atoms with van der Waals surface area (Å²) in [6.45, 7) is 0. The Morgan fingerprint density at radius 1 is 1.38 bits per heavy atom. The molecule has 0 saturated heterocycles. The van der Waals surface area contributed by atoms with Crippen LogP contribution in [0.3, 0.4) is 0 Å². The molecule has 3 nitrogen and oxygen atoms in total. The van der Waals surface area contributed by atoms with Gasteiger partial charge >= 0.3 is 0 Å². The van der Waals surface area contributed by atoms with Crippen molar-refractivity contribution in [1.29, 1.82) is 0 Å². The second-order valence-corrected chi connectivity index (χ2v) is 4.78. The van der Waals surface area contributed by atoms with Crippen LogP contribution in [0.4, 0.5) is 0 Å². The van der Waals surface area contributed by atoms with Gasteiger partial charge in [0.1, 0.15) is 5.75 Å². The smallest absolute Gasteiger partial charge is 0.230 e. The lowest BCUT2D eigenvalue weighted by Crippen LogP contribution is -2.19. The molecule has 0 aliphatic heterocycles. The van der Waals surface area contributed by atoms with E-state index in [1.54, 1.807) is 24.3 Å². The third-order valence-corrected chi connectivity index (χ3v) is 3.22. The fourth-order valence-electron chi connectivity index (χ4n) is 0.799. The Hall–Kier alpha value is -0.680. The highest BCUT2D eigenvalue weighted by Crippen LogP contribution is 2.13. The number of hydrogen-bond donors (Lipinski definition) is 1. The average Bonchev–Trinajstić information content (AvgIpc) is 2.04. The molecule has 0 spiro atoms. The van der Waals surface area contributed by atoms with Crippen molar-refractivity contribution in [3.05, 3.63) is 28.7 Å². The van der Waals surface area contributed by atoms with E-state index in [0.29, 0.717) is 4.90 Å². The summed E-state index contributed by atoms with van der Waals surface area (Å²) in [6.07, 6.45) is 0. The van der Waals surface area contributed by atoms with Crippen molar-refractivity contribution >= 4 is 32.6 Å². The second kappa shape index (κ2) is 4.53. The summed E-state index contributed by atoms with van der Waals surface area (Å²) >= 11 is 3.25. The summed E-state index contributed by atoms with van der Waals surface area (Å²) in [5, 5.41) is 0. The third-order valence-electron chi connectivity index (χ3n) is 1.35. The molecule has 1 atom stereocenters. The van der Waals surface area contributed by atoms with Crippen LogP contribution >= 0.6 is 15.9 Å². The number of nitrogens with two attached hydrogens (primary N) is 1. The maximum Gasteiger partial charge on any atom is 0.230 e. The molecule has 0 radical (unpaired) electrons. The van der Waals surface area contributed by atoms with Gasteiger partial charge in [0.05, 0.1) is 10.8 Å². The number of hydrogen-bond acceptors (Lipinski definition) is 2. The van der Waals surface area contributed by atoms with Crippen LogP contribution in [0.5, 0.6) is 0 Å². The van der Waals surface area contributed by atoms with Gasteiger partial charge in [0.15, 0.2) is 0 Å². The molecule has 1 rings (SSSR count). The summed E-state index contributed by atoms with van der Waals surface area (Å²) < 4.78 is 12.3. The SMILES string of the molecule is NC(=O)CS(=O)c1ccc(Br)cc1. The van der Waals surface area contributed by atoms with E-state index in [0.717, 1.165) is 4.47 Å². The molecule has 0 aromatic heterocycles. The molecule has 0 heterocycles. The lowest BCUT2D eigenvalue weighted by atomic mass is 10.4. The van der Waals surface area contributed by atoms with E-state index < -0.39 is 16.7 Å². The van der Waals surface area contributed by atoms with Crippen molar-refractivity contribution in [1.82, 2.24) is 0 Å². The Kier molecular flexibility index (Phi) is 3.62. The van der Waals surface area contributed by atoms with Crippen molar-refractivity contribution in [3.63, 3.8) is 0 Å². The molecule has 13 heavy (non-hydrogen) atoms. The first-order chi connectivity index (χ1) is 6.09. The zero-order chi connectivity index (χ0) is 9.84. The molecular formula is C8H8BrNO2S. The Morgan fingerprint density at radius 2 is 1.92 bits per heavy atom. The number of amides is 1. The average molecular weight is 262 g/mol. The maximum absolute atomic E-state index is 11.4. The summed E-state index contributed by atoms with van der Waals surface area (Å²) in [5.74, 6) is -0.678. The summed E-state index contributed by atoms with van der Waals surface area (Å²) in [6, 6.07) is 6.94. The van der Waals surface area contributed by atoms with Gasteiger partial charge in [-0.05, 0) is 24.3 Å². The molecule has 5 heteroatoms. The maximum atomic E-state index is 11.4. The lowest BCUT2D eigenvalue weighted by molar-refractivity contribution is -0.115. The van der Waals surface area contributed by atoms with E-state index in [2.05, 4.69) is 15.9 Å². The molecule has 1 aromatic carbocycles. The van der Waals surface area contributed by atoms with Gasteiger partial charge in [-0.25, -0.2) is 0 Å². The Bertz CT molecular complexity index is 337. The van der Waals surface area contributed by atoms with Gasteiger partial charge in [-0.3, -0.25) is 9.00 Å². The van der Waals surface area contributed by atoms with Crippen LogP contribution in [-0.2, 0) is 15.6 Å². The number of halogens is 1. The molecule has 0 fully saturated rings. The van der Waals surface area contributed by atoms with Crippen LogP contribution in [0.2, 0.25) is 0 Å². The highest BCUT2D eigenvalue weighted by molar-refractivity contribution is 9.10. The van der Waals surface area contributed by atoms with Gasteiger partial charge in [0, 0.05) is 9.37 Å². The van der Waals surface area contributed by atoms with Crippen molar-refractivity contribution in [2.24, 2.45) is 5.73 Å². The first-order valence-corrected chi connectivity index (χ1v) is 5.63. The minimum Gasteiger partial charge on any atom is -0.369 e. The molecular weight excluding hydrogens is 254 g/mol. The zero-order valence-electron chi connectivity index (χ0n) is 6.70. The van der Waals surface area contributed by atoms with Crippen molar-refractivity contribution in [2.45, 2.75) is 4.90 Å². The van der Waals surface area contributed by atoms with Gasteiger partial charge in [-0.1, -0.05) is 15.9 Å². The van der Waals surface area contributed by atoms with Gasteiger partial charge in [0.25, 0.3) is 0 Å². The molecule has 0 aliphatic rings. The highest BCUT2D eigenvalue weighted by atomic mass is 79.9. The minimum absolute atomic E-state index is 0.123.